The normalized spacial score (nSPS) is 13.5. The molecule has 0 aliphatic heterocycles. The fraction of sp³-hybridized carbons (Fsp3) is 0.385. The number of carbonyl (C=O) groups is 2. The van der Waals surface area contributed by atoms with E-state index < -0.39 is 18.0 Å². The molecule has 0 fully saturated rings. The second-order valence-corrected chi connectivity index (χ2v) is 4.26. The van der Waals surface area contributed by atoms with E-state index >= 15 is 0 Å². The molecule has 0 saturated heterocycles. The Balaban J connectivity index is 2.60. The number of carbonyl (C=O) groups excluding carboxylic acids is 1. The zero-order chi connectivity index (χ0) is 13.7. The molecule has 98 valence electrons. The molecule has 5 heteroatoms. The lowest BCUT2D eigenvalue weighted by molar-refractivity contribution is -0.138. The van der Waals surface area contributed by atoms with Gasteiger partial charge in [0.2, 0.25) is 0 Å². The standard InChI is InChI=1S/C13H18N2O3/c1-8-6-4-5-7-11(8)9(2)14-13(18)15-10(3)12(16)17/h4-7,9-10H,1-3H3,(H,16,17)(H2,14,15,18). The lowest BCUT2D eigenvalue weighted by atomic mass is 10.0. The summed E-state index contributed by atoms with van der Waals surface area (Å²) >= 11 is 0. The predicted molar refractivity (Wildman–Crippen MR) is 68.4 cm³/mol. The summed E-state index contributed by atoms with van der Waals surface area (Å²) < 4.78 is 0. The van der Waals surface area contributed by atoms with Crippen molar-refractivity contribution in [3.05, 3.63) is 35.4 Å². The lowest BCUT2D eigenvalue weighted by Gasteiger charge is -2.18. The van der Waals surface area contributed by atoms with Gasteiger partial charge in [-0.1, -0.05) is 24.3 Å². The number of urea groups is 1. The summed E-state index contributed by atoms with van der Waals surface area (Å²) in [5.74, 6) is -1.06. The molecule has 2 amide bonds. The first kappa shape index (κ1) is 14.0. The van der Waals surface area contributed by atoms with Crippen LogP contribution in [0, 0.1) is 6.92 Å². The molecule has 0 heterocycles. The summed E-state index contributed by atoms with van der Waals surface area (Å²) in [5.41, 5.74) is 2.09. The highest BCUT2D eigenvalue weighted by molar-refractivity contribution is 5.82. The number of rotatable bonds is 4. The van der Waals surface area contributed by atoms with Gasteiger partial charge in [-0.2, -0.15) is 0 Å². The van der Waals surface area contributed by atoms with Crippen LogP contribution in [-0.4, -0.2) is 23.1 Å². The van der Waals surface area contributed by atoms with Crippen molar-refractivity contribution >= 4 is 12.0 Å². The van der Waals surface area contributed by atoms with E-state index in [2.05, 4.69) is 10.6 Å². The molecule has 0 spiro atoms. The van der Waals surface area contributed by atoms with E-state index in [1.807, 2.05) is 38.1 Å². The Morgan fingerprint density at radius 2 is 1.78 bits per heavy atom. The fourth-order valence-electron chi connectivity index (χ4n) is 1.65. The summed E-state index contributed by atoms with van der Waals surface area (Å²) in [6, 6.07) is 6.16. The van der Waals surface area contributed by atoms with Crippen LogP contribution >= 0.6 is 0 Å². The Kier molecular flexibility index (Phi) is 4.71. The number of hydrogen-bond acceptors (Lipinski definition) is 2. The topological polar surface area (TPSA) is 78.4 Å². The maximum absolute atomic E-state index is 11.6. The molecule has 0 bridgehead atoms. The Morgan fingerprint density at radius 1 is 1.17 bits per heavy atom. The van der Waals surface area contributed by atoms with Crippen molar-refractivity contribution in [3.63, 3.8) is 0 Å². The molecule has 0 saturated carbocycles. The minimum atomic E-state index is -1.06. The van der Waals surface area contributed by atoms with Crippen LogP contribution in [0.2, 0.25) is 0 Å². The number of aryl methyl sites for hydroxylation is 1. The average Bonchev–Trinajstić information content (AvgIpc) is 2.28. The second kappa shape index (κ2) is 6.05. The third-order valence-electron chi connectivity index (χ3n) is 2.72. The molecule has 1 rings (SSSR count). The van der Waals surface area contributed by atoms with Gasteiger partial charge < -0.3 is 15.7 Å². The molecular weight excluding hydrogens is 232 g/mol. The van der Waals surface area contributed by atoms with Gasteiger partial charge in [0.05, 0.1) is 6.04 Å². The first-order valence-corrected chi connectivity index (χ1v) is 5.77. The lowest BCUT2D eigenvalue weighted by Crippen LogP contribution is -2.45. The van der Waals surface area contributed by atoms with Crippen molar-refractivity contribution in [2.75, 3.05) is 0 Å². The van der Waals surface area contributed by atoms with Crippen LogP contribution < -0.4 is 10.6 Å². The summed E-state index contributed by atoms with van der Waals surface area (Å²) in [6.07, 6.45) is 0. The van der Waals surface area contributed by atoms with Crippen LogP contribution in [0.25, 0.3) is 0 Å². The number of nitrogens with one attached hydrogen (secondary N) is 2. The van der Waals surface area contributed by atoms with E-state index in [0.717, 1.165) is 11.1 Å². The summed E-state index contributed by atoms with van der Waals surface area (Å²) in [5, 5.41) is 13.7. The predicted octanol–water partition coefficient (Wildman–Crippen LogP) is 1.83. The van der Waals surface area contributed by atoms with Gasteiger partial charge in [0.1, 0.15) is 6.04 Å². The van der Waals surface area contributed by atoms with Crippen LogP contribution in [0.4, 0.5) is 4.79 Å². The number of hydrogen-bond donors (Lipinski definition) is 3. The highest BCUT2D eigenvalue weighted by Gasteiger charge is 2.16. The smallest absolute Gasteiger partial charge is 0.325 e. The summed E-state index contributed by atoms with van der Waals surface area (Å²) in [4.78, 5) is 22.2. The van der Waals surface area contributed by atoms with E-state index in [4.69, 9.17) is 5.11 Å². The van der Waals surface area contributed by atoms with Crippen LogP contribution in [0.15, 0.2) is 24.3 Å². The van der Waals surface area contributed by atoms with Crippen molar-refractivity contribution in [3.8, 4) is 0 Å². The highest BCUT2D eigenvalue weighted by Crippen LogP contribution is 2.16. The molecular formula is C13H18N2O3. The van der Waals surface area contributed by atoms with E-state index in [0.29, 0.717) is 0 Å². The molecule has 0 aromatic heterocycles. The Morgan fingerprint density at radius 3 is 2.33 bits per heavy atom. The van der Waals surface area contributed by atoms with Gasteiger partial charge in [-0.3, -0.25) is 4.79 Å². The monoisotopic (exact) mass is 250 g/mol. The van der Waals surface area contributed by atoms with E-state index in [9.17, 15) is 9.59 Å². The zero-order valence-electron chi connectivity index (χ0n) is 10.7. The quantitative estimate of drug-likeness (QED) is 0.762. The summed E-state index contributed by atoms with van der Waals surface area (Å²) in [7, 11) is 0. The number of amides is 2. The third kappa shape index (κ3) is 3.76. The van der Waals surface area contributed by atoms with Crippen LogP contribution in [0.5, 0.6) is 0 Å². The maximum atomic E-state index is 11.6. The number of carboxylic acid groups (broad SMARTS) is 1. The minimum Gasteiger partial charge on any atom is -0.480 e. The molecule has 0 radical (unpaired) electrons. The molecule has 0 aliphatic carbocycles. The molecule has 1 aromatic rings. The van der Waals surface area contributed by atoms with Gasteiger partial charge in [0, 0.05) is 0 Å². The van der Waals surface area contributed by atoms with Gasteiger partial charge >= 0.3 is 12.0 Å². The molecule has 5 nitrogen and oxygen atoms in total. The molecule has 3 N–H and O–H groups in total. The number of aliphatic carboxylic acids is 1. The fourth-order valence-corrected chi connectivity index (χ4v) is 1.65. The first-order chi connectivity index (χ1) is 8.41. The number of benzene rings is 1. The average molecular weight is 250 g/mol. The maximum Gasteiger partial charge on any atom is 0.325 e. The van der Waals surface area contributed by atoms with Crippen molar-refractivity contribution in [1.82, 2.24) is 10.6 Å². The van der Waals surface area contributed by atoms with Gasteiger partial charge in [-0.15, -0.1) is 0 Å². The van der Waals surface area contributed by atoms with Crippen LogP contribution in [0.1, 0.15) is 31.0 Å². The van der Waals surface area contributed by atoms with Crippen molar-refractivity contribution in [2.24, 2.45) is 0 Å². The first-order valence-electron chi connectivity index (χ1n) is 5.77. The molecule has 1 aromatic carbocycles. The van der Waals surface area contributed by atoms with Crippen molar-refractivity contribution in [1.29, 1.82) is 0 Å². The Labute approximate surface area is 106 Å². The van der Waals surface area contributed by atoms with Gasteiger partial charge in [-0.05, 0) is 31.9 Å². The third-order valence-corrected chi connectivity index (χ3v) is 2.72. The second-order valence-electron chi connectivity index (χ2n) is 4.26. The Hall–Kier alpha value is -2.04. The Bertz CT molecular complexity index is 446. The largest absolute Gasteiger partial charge is 0.480 e. The van der Waals surface area contributed by atoms with E-state index in [1.165, 1.54) is 6.92 Å². The van der Waals surface area contributed by atoms with Crippen LogP contribution in [-0.2, 0) is 4.79 Å². The van der Waals surface area contributed by atoms with Crippen LogP contribution in [0.3, 0.4) is 0 Å². The minimum absolute atomic E-state index is 0.174. The van der Waals surface area contributed by atoms with E-state index in [1.54, 1.807) is 0 Å². The highest BCUT2D eigenvalue weighted by atomic mass is 16.4. The van der Waals surface area contributed by atoms with Gasteiger partial charge in [0.15, 0.2) is 0 Å². The number of carboxylic acids is 1. The SMILES string of the molecule is Cc1ccccc1C(C)NC(=O)NC(C)C(=O)O. The molecule has 18 heavy (non-hydrogen) atoms. The van der Waals surface area contributed by atoms with Gasteiger partial charge in [-0.25, -0.2) is 4.79 Å². The van der Waals surface area contributed by atoms with Crippen molar-refractivity contribution < 1.29 is 14.7 Å². The zero-order valence-corrected chi connectivity index (χ0v) is 10.7. The van der Waals surface area contributed by atoms with Crippen molar-refractivity contribution in [2.45, 2.75) is 32.9 Å². The molecule has 2 atom stereocenters. The van der Waals surface area contributed by atoms with E-state index in [-0.39, 0.29) is 6.04 Å². The molecule has 0 aliphatic rings. The summed E-state index contributed by atoms with van der Waals surface area (Å²) in [6.45, 7) is 5.24. The molecule has 2 unspecified atom stereocenters. The van der Waals surface area contributed by atoms with Gasteiger partial charge in [0.25, 0.3) is 0 Å².